The highest BCUT2D eigenvalue weighted by Crippen LogP contribution is 2.23. The van der Waals surface area contributed by atoms with Gasteiger partial charge in [0.25, 0.3) is 0 Å². The molecular formula is C16H18N2O3S. The summed E-state index contributed by atoms with van der Waals surface area (Å²) < 4.78 is 0. The highest BCUT2D eigenvalue weighted by atomic mass is 32.1. The zero-order valence-corrected chi connectivity index (χ0v) is 13.2. The molecule has 1 aromatic carbocycles. The first kappa shape index (κ1) is 16.2. The van der Waals surface area contributed by atoms with Gasteiger partial charge in [-0.3, -0.25) is 9.59 Å². The quantitative estimate of drug-likeness (QED) is 0.756. The monoisotopic (exact) mass is 318 g/mol. The van der Waals surface area contributed by atoms with Crippen LogP contribution in [-0.4, -0.2) is 23.5 Å². The van der Waals surface area contributed by atoms with E-state index < -0.39 is 17.9 Å². The Hall–Kier alpha value is -2.18. The first-order valence-electron chi connectivity index (χ1n) is 6.85. The van der Waals surface area contributed by atoms with Gasteiger partial charge in [0.15, 0.2) is 0 Å². The lowest BCUT2D eigenvalue weighted by atomic mass is 10.2. The fourth-order valence-corrected chi connectivity index (χ4v) is 2.83. The Kier molecular flexibility index (Phi) is 5.30. The molecule has 0 aliphatic rings. The van der Waals surface area contributed by atoms with E-state index in [1.54, 1.807) is 12.1 Å². The molecule has 6 heteroatoms. The van der Waals surface area contributed by atoms with Crippen LogP contribution in [0.25, 0.3) is 0 Å². The molecule has 1 aromatic heterocycles. The molecular weight excluding hydrogens is 300 g/mol. The number of hydrogen-bond acceptors (Lipinski definition) is 4. The summed E-state index contributed by atoms with van der Waals surface area (Å²) in [7, 11) is 0. The Balaban J connectivity index is 1.85. The maximum Gasteiger partial charge on any atom is 0.313 e. The molecule has 2 aromatic rings. The van der Waals surface area contributed by atoms with Gasteiger partial charge in [0.2, 0.25) is 0 Å². The number of carbonyl (C=O) groups is 2. The fourth-order valence-electron chi connectivity index (χ4n) is 1.91. The summed E-state index contributed by atoms with van der Waals surface area (Å²) in [6.07, 6.45) is -0.809. The average Bonchev–Trinajstić information content (AvgIpc) is 2.93. The van der Waals surface area contributed by atoms with Crippen LogP contribution in [0.1, 0.15) is 22.1 Å². The number of aryl methyl sites for hydroxylation is 2. The van der Waals surface area contributed by atoms with Crippen LogP contribution in [-0.2, 0) is 9.59 Å². The zero-order chi connectivity index (χ0) is 16.1. The Morgan fingerprint density at radius 3 is 2.41 bits per heavy atom. The second-order valence-corrected chi connectivity index (χ2v) is 5.96. The van der Waals surface area contributed by atoms with Crippen molar-refractivity contribution in [1.82, 2.24) is 5.32 Å². The van der Waals surface area contributed by atoms with Gasteiger partial charge in [0.1, 0.15) is 6.10 Å². The van der Waals surface area contributed by atoms with Crippen LogP contribution < -0.4 is 10.6 Å². The molecule has 0 spiro atoms. The summed E-state index contributed by atoms with van der Waals surface area (Å²) >= 11 is 1.42. The van der Waals surface area contributed by atoms with Gasteiger partial charge >= 0.3 is 11.8 Å². The molecule has 1 heterocycles. The van der Waals surface area contributed by atoms with E-state index in [0.717, 1.165) is 16.0 Å². The van der Waals surface area contributed by atoms with E-state index in [1.165, 1.54) is 11.3 Å². The number of amides is 2. The smallest absolute Gasteiger partial charge is 0.313 e. The van der Waals surface area contributed by atoms with E-state index in [9.17, 15) is 14.7 Å². The molecule has 5 nitrogen and oxygen atoms in total. The molecule has 116 valence electrons. The van der Waals surface area contributed by atoms with Crippen molar-refractivity contribution in [2.75, 3.05) is 11.9 Å². The first-order chi connectivity index (χ1) is 10.5. The molecule has 0 saturated heterocycles. The van der Waals surface area contributed by atoms with E-state index >= 15 is 0 Å². The highest BCUT2D eigenvalue weighted by molar-refractivity contribution is 7.10. The lowest BCUT2D eigenvalue weighted by Gasteiger charge is -2.11. The Labute approximate surface area is 133 Å². The minimum absolute atomic E-state index is 0.00149. The lowest BCUT2D eigenvalue weighted by molar-refractivity contribution is -0.136. The molecule has 0 fully saturated rings. The van der Waals surface area contributed by atoms with Crippen molar-refractivity contribution in [2.24, 2.45) is 0 Å². The molecule has 0 aliphatic carbocycles. The third-order valence-electron chi connectivity index (χ3n) is 3.18. The number of aliphatic hydroxyl groups is 1. The first-order valence-corrected chi connectivity index (χ1v) is 7.73. The number of anilines is 1. The number of carbonyl (C=O) groups excluding carboxylic acids is 2. The fraction of sp³-hybridized carbons (Fsp3) is 0.250. The minimum atomic E-state index is -0.809. The normalized spacial score (nSPS) is 11.8. The summed E-state index contributed by atoms with van der Waals surface area (Å²) in [6, 6.07) is 9.04. The number of hydrogen-bond donors (Lipinski definition) is 3. The Bertz CT molecular complexity index is 664. The van der Waals surface area contributed by atoms with Crippen LogP contribution in [0.5, 0.6) is 0 Å². The third-order valence-corrected chi connectivity index (χ3v) is 4.30. The lowest BCUT2D eigenvalue weighted by Crippen LogP contribution is -2.37. The molecule has 1 atom stereocenters. The van der Waals surface area contributed by atoms with Crippen LogP contribution in [0.2, 0.25) is 0 Å². The zero-order valence-electron chi connectivity index (χ0n) is 12.4. The van der Waals surface area contributed by atoms with Crippen LogP contribution in [0.4, 0.5) is 5.69 Å². The molecule has 22 heavy (non-hydrogen) atoms. The second kappa shape index (κ2) is 7.20. The Morgan fingerprint density at radius 1 is 1.14 bits per heavy atom. The minimum Gasteiger partial charge on any atom is -0.386 e. The SMILES string of the molecule is Cc1ccc(NC(=O)C(=O)NCC(O)c2sccc2C)cc1. The highest BCUT2D eigenvalue weighted by Gasteiger charge is 2.17. The average molecular weight is 318 g/mol. The van der Waals surface area contributed by atoms with Gasteiger partial charge in [0.05, 0.1) is 0 Å². The summed E-state index contributed by atoms with van der Waals surface area (Å²) in [5.74, 6) is -1.52. The number of aliphatic hydroxyl groups excluding tert-OH is 1. The van der Waals surface area contributed by atoms with E-state index in [2.05, 4.69) is 10.6 Å². The molecule has 0 radical (unpaired) electrons. The van der Waals surface area contributed by atoms with Crippen molar-refractivity contribution in [3.05, 3.63) is 51.7 Å². The van der Waals surface area contributed by atoms with E-state index in [-0.39, 0.29) is 6.54 Å². The number of benzene rings is 1. The van der Waals surface area contributed by atoms with Crippen molar-refractivity contribution in [2.45, 2.75) is 20.0 Å². The van der Waals surface area contributed by atoms with Crippen molar-refractivity contribution < 1.29 is 14.7 Å². The molecule has 1 unspecified atom stereocenters. The summed E-state index contributed by atoms with van der Waals surface area (Å²) in [5.41, 5.74) is 2.59. The largest absolute Gasteiger partial charge is 0.386 e. The van der Waals surface area contributed by atoms with E-state index in [4.69, 9.17) is 0 Å². The van der Waals surface area contributed by atoms with E-state index in [1.807, 2.05) is 37.4 Å². The maximum absolute atomic E-state index is 11.8. The predicted octanol–water partition coefficient (Wildman–Crippen LogP) is 2.15. The number of thiophene rings is 1. The molecule has 0 bridgehead atoms. The maximum atomic E-state index is 11.8. The van der Waals surface area contributed by atoms with Crippen molar-refractivity contribution in [3.63, 3.8) is 0 Å². The molecule has 0 saturated carbocycles. The van der Waals surface area contributed by atoms with Crippen LogP contribution >= 0.6 is 11.3 Å². The van der Waals surface area contributed by atoms with Crippen LogP contribution in [0.15, 0.2) is 35.7 Å². The van der Waals surface area contributed by atoms with Crippen LogP contribution in [0.3, 0.4) is 0 Å². The Morgan fingerprint density at radius 2 is 1.82 bits per heavy atom. The standard InChI is InChI=1S/C16H18N2O3S/c1-10-3-5-12(6-4-10)18-16(21)15(20)17-9-13(19)14-11(2)7-8-22-14/h3-8,13,19H,9H2,1-2H3,(H,17,20)(H,18,21). The number of rotatable bonds is 4. The van der Waals surface area contributed by atoms with Gasteiger partial charge in [-0.2, -0.15) is 0 Å². The summed E-state index contributed by atoms with van der Waals surface area (Å²) in [6.45, 7) is 3.83. The summed E-state index contributed by atoms with van der Waals surface area (Å²) in [5, 5.41) is 16.8. The molecule has 2 rings (SSSR count). The predicted molar refractivity (Wildman–Crippen MR) is 86.8 cm³/mol. The summed E-state index contributed by atoms with van der Waals surface area (Å²) in [4.78, 5) is 24.3. The molecule has 2 amide bonds. The third kappa shape index (κ3) is 4.16. The second-order valence-electron chi connectivity index (χ2n) is 5.01. The van der Waals surface area contributed by atoms with Crippen molar-refractivity contribution in [3.8, 4) is 0 Å². The van der Waals surface area contributed by atoms with Crippen molar-refractivity contribution in [1.29, 1.82) is 0 Å². The van der Waals surface area contributed by atoms with E-state index in [0.29, 0.717) is 5.69 Å². The topological polar surface area (TPSA) is 78.4 Å². The molecule has 0 aliphatic heterocycles. The van der Waals surface area contributed by atoms with Gasteiger partial charge in [0, 0.05) is 17.1 Å². The van der Waals surface area contributed by atoms with Gasteiger partial charge in [-0.25, -0.2) is 0 Å². The van der Waals surface area contributed by atoms with Crippen molar-refractivity contribution >= 4 is 28.8 Å². The molecule has 3 N–H and O–H groups in total. The number of nitrogens with one attached hydrogen (secondary N) is 2. The van der Waals surface area contributed by atoms with Gasteiger partial charge in [-0.15, -0.1) is 11.3 Å². The van der Waals surface area contributed by atoms with Crippen LogP contribution in [0, 0.1) is 13.8 Å². The van der Waals surface area contributed by atoms with Gasteiger partial charge < -0.3 is 15.7 Å². The van der Waals surface area contributed by atoms with Gasteiger partial charge in [-0.1, -0.05) is 17.7 Å². The van der Waals surface area contributed by atoms with Gasteiger partial charge in [-0.05, 0) is 43.0 Å².